The van der Waals surface area contributed by atoms with Gasteiger partial charge in [0, 0.05) is 18.8 Å². The van der Waals surface area contributed by atoms with E-state index < -0.39 is 6.04 Å². The van der Waals surface area contributed by atoms with Crippen LogP contribution in [0.15, 0.2) is 57.3 Å². The van der Waals surface area contributed by atoms with Gasteiger partial charge in [-0.25, -0.2) is 4.68 Å². The van der Waals surface area contributed by atoms with Crippen molar-refractivity contribution in [3.8, 4) is 17.2 Å². The van der Waals surface area contributed by atoms with Gasteiger partial charge >= 0.3 is 0 Å². The molecule has 1 saturated heterocycles. The summed E-state index contributed by atoms with van der Waals surface area (Å²) >= 11 is 5.16. The normalized spacial score (nSPS) is 16.2. The molecule has 2 aliphatic heterocycles. The third kappa shape index (κ3) is 6.83. The number of anilines is 2. The molecule has 1 fully saturated rings. The molecule has 44 heavy (non-hydrogen) atoms. The molecule has 2 N–H and O–H groups in total. The minimum Gasteiger partial charge on any atom is -0.493 e. The summed E-state index contributed by atoms with van der Waals surface area (Å²) in [6.07, 6.45) is 3.15. The lowest BCUT2D eigenvalue weighted by atomic mass is 9.94. The Morgan fingerprint density at radius 2 is 1.89 bits per heavy atom. The molecule has 1 atom stereocenters. The number of carbonyl (C=O) groups is 2. The fourth-order valence-corrected chi connectivity index (χ4v) is 6.50. The number of rotatable bonds is 11. The van der Waals surface area contributed by atoms with Crippen LogP contribution in [0.1, 0.15) is 51.6 Å². The molecule has 0 bridgehead atoms. The van der Waals surface area contributed by atoms with E-state index in [1.165, 1.54) is 11.8 Å². The van der Waals surface area contributed by atoms with E-state index in [9.17, 15) is 9.59 Å². The zero-order chi connectivity index (χ0) is 31.2. The summed E-state index contributed by atoms with van der Waals surface area (Å²) in [5, 5.41) is 11.7. The molecular weight excluding hydrogens is 648 g/mol. The van der Waals surface area contributed by atoms with Crippen LogP contribution < -0.4 is 24.8 Å². The van der Waals surface area contributed by atoms with Crippen molar-refractivity contribution < 1.29 is 23.8 Å². The lowest BCUT2D eigenvalue weighted by Gasteiger charge is -2.29. The molecule has 0 saturated carbocycles. The number of amides is 2. The second kappa shape index (κ2) is 14.4. The second-order valence-electron chi connectivity index (χ2n) is 10.3. The molecular formula is C31H37BrN6O5S. The number of nitrogens with one attached hydrogen (secondary N) is 2. The number of aromatic nitrogens is 3. The van der Waals surface area contributed by atoms with Crippen LogP contribution in [0.2, 0.25) is 0 Å². The number of hydrogen-bond acceptors (Lipinski definition) is 9. The van der Waals surface area contributed by atoms with E-state index in [2.05, 4.69) is 31.5 Å². The SMILES string of the molecule is CCOc1ccccc1NC(=O)C1=C(C)Nc2nc(SCC)nn2C1c1cc(Br)c(OCC(=O)N2CCCCC2)c(OC)c1. The van der Waals surface area contributed by atoms with Crippen molar-refractivity contribution in [3.63, 3.8) is 0 Å². The van der Waals surface area contributed by atoms with Crippen molar-refractivity contribution in [2.75, 3.05) is 49.8 Å². The topological polar surface area (TPSA) is 120 Å². The first-order valence-corrected chi connectivity index (χ1v) is 16.5. The van der Waals surface area contributed by atoms with Gasteiger partial charge in [0.2, 0.25) is 11.1 Å². The van der Waals surface area contributed by atoms with Crippen molar-refractivity contribution in [1.29, 1.82) is 0 Å². The Morgan fingerprint density at radius 3 is 2.61 bits per heavy atom. The fraction of sp³-hybridized carbons (Fsp3) is 0.419. The van der Waals surface area contributed by atoms with Gasteiger partial charge < -0.3 is 29.7 Å². The zero-order valence-corrected chi connectivity index (χ0v) is 27.7. The number of halogens is 1. The van der Waals surface area contributed by atoms with E-state index in [4.69, 9.17) is 19.3 Å². The molecule has 13 heteroatoms. The largest absolute Gasteiger partial charge is 0.493 e. The van der Waals surface area contributed by atoms with Crippen LogP contribution in [-0.2, 0) is 9.59 Å². The monoisotopic (exact) mass is 684 g/mol. The van der Waals surface area contributed by atoms with Gasteiger partial charge in [-0.1, -0.05) is 30.8 Å². The molecule has 1 unspecified atom stereocenters. The van der Waals surface area contributed by atoms with E-state index in [1.807, 2.05) is 56.0 Å². The predicted molar refractivity (Wildman–Crippen MR) is 174 cm³/mol. The Morgan fingerprint density at radius 1 is 1.11 bits per heavy atom. The first-order chi connectivity index (χ1) is 21.3. The number of likely N-dealkylation sites (tertiary alicyclic amines) is 1. The molecule has 2 aliphatic rings. The maximum absolute atomic E-state index is 14.1. The summed E-state index contributed by atoms with van der Waals surface area (Å²) in [6.45, 7) is 7.64. The maximum Gasteiger partial charge on any atom is 0.260 e. The number of fused-ring (bicyclic) bond motifs is 1. The molecule has 3 heterocycles. The van der Waals surface area contributed by atoms with Gasteiger partial charge in [0.1, 0.15) is 11.8 Å². The lowest BCUT2D eigenvalue weighted by Crippen LogP contribution is -2.38. The van der Waals surface area contributed by atoms with E-state index in [-0.39, 0.29) is 18.4 Å². The molecule has 0 radical (unpaired) electrons. The Hall–Kier alpha value is -3.71. The number of nitrogens with zero attached hydrogens (tertiary/aromatic N) is 4. The first-order valence-electron chi connectivity index (χ1n) is 14.7. The van der Waals surface area contributed by atoms with E-state index >= 15 is 0 Å². The number of carbonyl (C=O) groups excluding carboxylic acids is 2. The minimum absolute atomic E-state index is 0.0563. The highest BCUT2D eigenvalue weighted by atomic mass is 79.9. The third-order valence-electron chi connectivity index (χ3n) is 7.40. The highest BCUT2D eigenvalue weighted by Gasteiger charge is 2.36. The van der Waals surface area contributed by atoms with Gasteiger partial charge in [-0.15, -0.1) is 5.10 Å². The lowest BCUT2D eigenvalue weighted by molar-refractivity contribution is -0.134. The van der Waals surface area contributed by atoms with Crippen LogP contribution in [0.4, 0.5) is 11.6 Å². The van der Waals surface area contributed by atoms with Crippen LogP contribution in [-0.4, -0.2) is 70.6 Å². The number of thioether (sulfide) groups is 1. The third-order valence-corrected chi connectivity index (χ3v) is 8.71. The average Bonchev–Trinajstić information content (AvgIpc) is 3.42. The van der Waals surface area contributed by atoms with Gasteiger partial charge in [-0.2, -0.15) is 4.98 Å². The highest BCUT2D eigenvalue weighted by molar-refractivity contribution is 9.10. The maximum atomic E-state index is 14.1. The highest BCUT2D eigenvalue weighted by Crippen LogP contribution is 2.43. The summed E-state index contributed by atoms with van der Waals surface area (Å²) in [7, 11) is 1.55. The summed E-state index contributed by atoms with van der Waals surface area (Å²) in [6, 6.07) is 10.4. The fourth-order valence-electron chi connectivity index (χ4n) is 5.37. The summed E-state index contributed by atoms with van der Waals surface area (Å²) in [5.41, 5.74) is 2.36. The van der Waals surface area contributed by atoms with E-state index in [0.717, 1.165) is 38.1 Å². The van der Waals surface area contributed by atoms with Crippen molar-refractivity contribution in [2.24, 2.45) is 0 Å². The molecule has 2 amide bonds. The van der Waals surface area contributed by atoms with Gasteiger partial charge in [-0.3, -0.25) is 9.59 Å². The Labute approximate surface area is 269 Å². The first kappa shape index (κ1) is 31.7. The Balaban J connectivity index is 1.51. The number of methoxy groups -OCH3 is 1. The quantitative estimate of drug-likeness (QED) is 0.239. The van der Waals surface area contributed by atoms with Crippen molar-refractivity contribution in [1.82, 2.24) is 19.7 Å². The Kier molecular flexibility index (Phi) is 10.4. The summed E-state index contributed by atoms with van der Waals surface area (Å²) in [5.74, 6) is 2.35. The molecule has 3 aromatic rings. The molecule has 234 valence electrons. The van der Waals surface area contributed by atoms with E-state index in [1.54, 1.807) is 17.9 Å². The summed E-state index contributed by atoms with van der Waals surface area (Å²) in [4.78, 5) is 33.4. The van der Waals surface area contributed by atoms with Gasteiger partial charge in [-0.05, 0) is 84.6 Å². The smallest absolute Gasteiger partial charge is 0.260 e. The number of piperidine rings is 1. The second-order valence-corrected chi connectivity index (χ2v) is 12.4. The van der Waals surface area contributed by atoms with Crippen LogP contribution in [0, 0.1) is 0 Å². The van der Waals surface area contributed by atoms with Gasteiger partial charge in [0.05, 0.1) is 29.4 Å². The molecule has 5 rings (SSSR count). The predicted octanol–water partition coefficient (Wildman–Crippen LogP) is 5.88. The molecule has 1 aromatic heterocycles. The molecule has 2 aromatic carbocycles. The van der Waals surface area contributed by atoms with Crippen molar-refractivity contribution in [3.05, 3.63) is 57.7 Å². The number of hydrogen-bond donors (Lipinski definition) is 2. The van der Waals surface area contributed by atoms with Crippen LogP contribution in [0.25, 0.3) is 0 Å². The van der Waals surface area contributed by atoms with Crippen LogP contribution in [0.3, 0.4) is 0 Å². The number of para-hydroxylation sites is 2. The number of allylic oxidation sites excluding steroid dienone is 1. The van der Waals surface area contributed by atoms with Gasteiger partial charge in [0.15, 0.2) is 18.1 Å². The number of benzene rings is 2. The van der Waals surface area contributed by atoms with Crippen LogP contribution >= 0.6 is 27.7 Å². The summed E-state index contributed by atoms with van der Waals surface area (Å²) < 4.78 is 19.8. The molecule has 0 aliphatic carbocycles. The average molecular weight is 686 g/mol. The minimum atomic E-state index is -0.654. The van der Waals surface area contributed by atoms with Crippen LogP contribution in [0.5, 0.6) is 17.2 Å². The standard InChI is InChI=1S/C31H37BrN6O5S/c1-5-42-23-13-9-8-12-22(23)34-29(40)26-19(3)33-30-35-31(44-6-2)36-38(30)27(26)20-16-21(32)28(24(17-20)41-4)43-18-25(39)37-14-10-7-11-15-37/h8-9,12-13,16-17,27H,5-7,10-11,14-15,18H2,1-4H3,(H,34,40)(H,33,35,36). The van der Waals surface area contributed by atoms with Crippen molar-refractivity contribution >= 4 is 51.1 Å². The van der Waals surface area contributed by atoms with E-state index in [0.29, 0.717) is 62.0 Å². The molecule has 0 spiro atoms. The van der Waals surface area contributed by atoms with Crippen molar-refractivity contribution in [2.45, 2.75) is 51.2 Å². The zero-order valence-electron chi connectivity index (χ0n) is 25.3. The Bertz CT molecular complexity index is 1550. The molecule has 11 nitrogen and oxygen atoms in total. The number of ether oxygens (including phenoxy) is 3. The van der Waals surface area contributed by atoms with Gasteiger partial charge in [0.25, 0.3) is 11.8 Å².